The Hall–Kier alpha value is -1.39. The summed E-state index contributed by atoms with van der Waals surface area (Å²) < 4.78 is 23.4. The van der Waals surface area contributed by atoms with Gasteiger partial charge in [0.05, 0.1) is 6.61 Å². The van der Waals surface area contributed by atoms with Crippen molar-refractivity contribution in [2.45, 2.75) is 13.2 Å². The number of methoxy groups -OCH3 is 1. The first-order chi connectivity index (χ1) is 7.24. The Morgan fingerprint density at radius 1 is 1.40 bits per heavy atom. The van der Waals surface area contributed by atoms with Crippen molar-refractivity contribution in [2.75, 3.05) is 7.11 Å². The second kappa shape index (κ2) is 4.00. The van der Waals surface area contributed by atoms with E-state index in [4.69, 9.17) is 14.3 Å². The van der Waals surface area contributed by atoms with Crippen LogP contribution in [0.5, 0.6) is 0 Å². The van der Waals surface area contributed by atoms with E-state index in [-0.39, 0.29) is 12.4 Å². The Morgan fingerprint density at radius 2 is 2.20 bits per heavy atom. The molecule has 0 saturated heterocycles. The van der Waals surface area contributed by atoms with E-state index in [0.29, 0.717) is 28.9 Å². The summed E-state index contributed by atoms with van der Waals surface area (Å²) in [5.41, 5.74) is 0.971. The van der Waals surface area contributed by atoms with Crippen LogP contribution < -0.4 is 0 Å². The standard InChI is InChI=1S/C11H11FO3/c1-14-6-10-4-7-2-9(12)3-8(5-13)11(7)15-10/h2-4,13H,5-6H2,1H3. The van der Waals surface area contributed by atoms with Crippen LogP contribution in [0.2, 0.25) is 0 Å². The molecule has 0 spiro atoms. The van der Waals surface area contributed by atoms with Gasteiger partial charge in [-0.15, -0.1) is 0 Å². The monoisotopic (exact) mass is 210 g/mol. The topological polar surface area (TPSA) is 42.6 Å². The molecule has 0 unspecified atom stereocenters. The molecular formula is C11H11FO3. The largest absolute Gasteiger partial charge is 0.458 e. The highest BCUT2D eigenvalue weighted by Gasteiger charge is 2.09. The van der Waals surface area contributed by atoms with Crippen molar-refractivity contribution in [3.05, 3.63) is 35.3 Å². The molecule has 1 aromatic carbocycles. The third-order valence-corrected chi connectivity index (χ3v) is 2.17. The van der Waals surface area contributed by atoms with Crippen LogP contribution in [0.1, 0.15) is 11.3 Å². The Morgan fingerprint density at radius 3 is 2.87 bits per heavy atom. The van der Waals surface area contributed by atoms with Crippen molar-refractivity contribution in [3.63, 3.8) is 0 Å². The highest BCUT2D eigenvalue weighted by atomic mass is 19.1. The predicted molar refractivity (Wildman–Crippen MR) is 52.8 cm³/mol. The van der Waals surface area contributed by atoms with Crippen molar-refractivity contribution >= 4 is 11.0 Å². The lowest BCUT2D eigenvalue weighted by Gasteiger charge is -1.97. The summed E-state index contributed by atoms with van der Waals surface area (Å²) >= 11 is 0. The molecule has 80 valence electrons. The second-order valence-corrected chi connectivity index (χ2v) is 3.29. The maximum Gasteiger partial charge on any atom is 0.140 e. The fourth-order valence-corrected chi connectivity index (χ4v) is 1.57. The SMILES string of the molecule is COCc1cc2cc(F)cc(CO)c2o1. The number of ether oxygens (including phenoxy) is 1. The van der Waals surface area contributed by atoms with E-state index in [9.17, 15) is 4.39 Å². The Balaban J connectivity index is 2.58. The number of aliphatic hydroxyl groups is 1. The number of hydrogen-bond acceptors (Lipinski definition) is 3. The molecule has 0 radical (unpaired) electrons. The van der Waals surface area contributed by atoms with Gasteiger partial charge in [-0.3, -0.25) is 0 Å². The van der Waals surface area contributed by atoms with Gasteiger partial charge in [0.15, 0.2) is 0 Å². The second-order valence-electron chi connectivity index (χ2n) is 3.29. The molecule has 0 amide bonds. The van der Waals surface area contributed by atoms with Gasteiger partial charge < -0.3 is 14.3 Å². The summed E-state index contributed by atoms with van der Waals surface area (Å²) in [6, 6.07) is 4.35. The van der Waals surface area contributed by atoms with Crippen LogP contribution in [-0.4, -0.2) is 12.2 Å². The quantitative estimate of drug-likeness (QED) is 0.844. The number of rotatable bonds is 3. The molecule has 15 heavy (non-hydrogen) atoms. The minimum absolute atomic E-state index is 0.242. The minimum Gasteiger partial charge on any atom is -0.458 e. The highest BCUT2D eigenvalue weighted by molar-refractivity contribution is 5.81. The summed E-state index contributed by atoms with van der Waals surface area (Å²) in [5, 5.41) is 9.69. The average molecular weight is 210 g/mol. The summed E-state index contributed by atoms with van der Waals surface area (Å²) in [4.78, 5) is 0. The lowest BCUT2D eigenvalue weighted by atomic mass is 10.1. The van der Waals surface area contributed by atoms with E-state index in [1.807, 2.05) is 0 Å². The smallest absolute Gasteiger partial charge is 0.140 e. The zero-order valence-electron chi connectivity index (χ0n) is 8.29. The fraction of sp³-hybridized carbons (Fsp3) is 0.273. The number of aliphatic hydroxyl groups excluding tert-OH is 1. The first-order valence-corrected chi connectivity index (χ1v) is 4.55. The Labute approximate surface area is 86.1 Å². The van der Waals surface area contributed by atoms with Gasteiger partial charge in [0.25, 0.3) is 0 Å². The van der Waals surface area contributed by atoms with Gasteiger partial charge in [-0.2, -0.15) is 0 Å². The summed E-state index contributed by atoms with van der Waals surface area (Å²) in [5.74, 6) is 0.240. The van der Waals surface area contributed by atoms with Crippen LogP contribution in [0, 0.1) is 5.82 Å². The first kappa shape index (κ1) is 10.1. The van der Waals surface area contributed by atoms with Gasteiger partial charge in [0, 0.05) is 18.1 Å². The van der Waals surface area contributed by atoms with Crippen molar-refractivity contribution in [1.29, 1.82) is 0 Å². The molecule has 0 saturated carbocycles. The van der Waals surface area contributed by atoms with Crippen LogP contribution in [0.3, 0.4) is 0 Å². The van der Waals surface area contributed by atoms with Crippen LogP contribution in [0.4, 0.5) is 4.39 Å². The fourth-order valence-electron chi connectivity index (χ4n) is 1.57. The van der Waals surface area contributed by atoms with E-state index in [2.05, 4.69) is 0 Å². The van der Waals surface area contributed by atoms with Gasteiger partial charge in [-0.25, -0.2) is 4.39 Å². The van der Waals surface area contributed by atoms with Gasteiger partial charge in [-0.1, -0.05) is 0 Å². The molecular weight excluding hydrogens is 199 g/mol. The third-order valence-electron chi connectivity index (χ3n) is 2.17. The van der Waals surface area contributed by atoms with Crippen LogP contribution in [-0.2, 0) is 18.0 Å². The van der Waals surface area contributed by atoms with Gasteiger partial charge >= 0.3 is 0 Å². The molecule has 2 rings (SSSR count). The van der Waals surface area contributed by atoms with Crippen molar-refractivity contribution in [2.24, 2.45) is 0 Å². The molecule has 0 aliphatic rings. The van der Waals surface area contributed by atoms with E-state index in [1.165, 1.54) is 12.1 Å². The summed E-state index contributed by atoms with van der Waals surface area (Å²) in [6.07, 6.45) is 0. The maximum absolute atomic E-state index is 13.1. The molecule has 0 atom stereocenters. The summed E-state index contributed by atoms with van der Waals surface area (Å²) in [7, 11) is 1.56. The van der Waals surface area contributed by atoms with E-state index in [1.54, 1.807) is 13.2 Å². The number of fused-ring (bicyclic) bond motifs is 1. The molecule has 0 aliphatic carbocycles. The number of benzene rings is 1. The van der Waals surface area contributed by atoms with Crippen LogP contribution in [0.15, 0.2) is 22.6 Å². The minimum atomic E-state index is -0.378. The predicted octanol–water partition coefficient (Wildman–Crippen LogP) is 2.21. The Bertz CT molecular complexity index is 476. The molecule has 0 aliphatic heterocycles. The van der Waals surface area contributed by atoms with E-state index < -0.39 is 0 Å². The van der Waals surface area contributed by atoms with Crippen LogP contribution in [0.25, 0.3) is 11.0 Å². The number of hydrogen-bond donors (Lipinski definition) is 1. The third kappa shape index (κ3) is 1.86. The lowest BCUT2D eigenvalue weighted by Crippen LogP contribution is -1.85. The van der Waals surface area contributed by atoms with Gasteiger partial charge in [-0.05, 0) is 18.2 Å². The molecule has 0 fully saturated rings. The molecule has 1 N–H and O–H groups in total. The first-order valence-electron chi connectivity index (χ1n) is 4.55. The number of halogens is 1. The van der Waals surface area contributed by atoms with Crippen LogP contribution >= 0.6 is 0 Å². The lowest BCUT2D eigenvalue weighted by molar-refractivity contribution is 0.166. The average Bonchev–Trinajstić information content (AvgIpc) is 2.59. The molecule has 0 bridgehead atoms. The number of furan rings is 1. The molecule has 3 nitrogen and oxygen atoms in total. The molecule has 2 aromatic rings. The van der Waals surface area contributed by atoms with Crippen molar-refractivity contribution < 1.29 is 18.7 Å². The van der Waals surface area contributed by atoms with E-state index in [0.717, 1.165) is 0 Å². The maximum atomic E-state index is 13.1. The summed E-state index contributed by atoms with van der Waals surface area (Å²) in [6.45, 7) is 0.0926. The molecule has 1 heterocycles. The molecule has 4 heteroatoms. The van der Waals surface area contributed by atoms with Gasteiger partial charge in [0.1, 0.15) is 23.8 Å². The van der Waals surface area contributed by atoms with E-state index >= 15 is 0 Å². The molecule has 1 aromatic heterocycles. The normalized spacial score (nSPS) is 11.1. The van der Waals surface area contributed by atoms with Gasteiger partial charge in [0.2, 0.25) is 0 Å². The zero-order valence-corrected chi connectivity index (χ0v) is 8.29. The Kier molecular flexibility index (Phi) is 2.70. The van der Waals surface area contributed by atoms with Crippen molar-refractivity contribution in [3.8, 4) is 0 Å². The van der Waals surface area contributed by atoms with Crippen molar-refractivity contribution in [1.82, 2.24) is 0 Å². The zero-order chi connectivity index (χ0) is 10.8. The highest BCUT2D eigenvalue weighted by Crippen LogP contribution is 2.25.